The predicted molar refractivity (Wildman–Crippen MR) is 40.2 cm³/mol. The second-order valence-corrected chi connectivity index (χ2v) is 2.60. The number of aromatic nitrogens is 2. The first-order chi connectivity index (χ1) is 5.47. The van der Waals surface area contributed by atoms with Gasteiger partial charge in [0.2, 0.25) is 0 Å². The van der Waals surface area contributed by atoms with E-state index in [9.17, 15) is 0 Å². The molecule has 2 heterocycles. The molecule has 1 saturated heterocycles. The summed E-state index contributed by atoms with van der Waals surface area (Å²) in [5.41, 5.74) is 1.12. The fourth-order valence-corrected chi connectivity index (χ4v) is 1.22. The Morgan fingerprint density at radius 2 is 2.64 bits per heavy atom. The molecule has 2 rings (SSSR count). The van der Waals surface area contributed by atoms with Gasteiger partial charge < -0.3 is 10.1 Å². The fourth-order valence-electron chi connectivity index (χ4n) is 1.22. The third kappa shape index (κ3) is 1.41. The predicted octanol–water partition coefficient (Wildman–Crippen LogP) is 0.0706. The van der Waals surface area contributed by atoms with Crippen LogP contribution >= 0.6 is 0 Å². The first-order valence-electron chi connectivity index (χ1n) is 3.78. The van der Waals surface area contributed by atoms with Gasteiger partial charge in [0.1, 0.15) is 0 Å². The van der Waals surface area contributed by atoms with Crippen molar-refractivity contribution in [1.29, 1.82) is 0 Å². The highest BCUT2D eigenvalue weighted by atomic mass is 16.5. The van der Waals surface area contributed by atoms with Crippen molar-refractivity contribution in [2.75, 3.05) is 19.7 Å². The van der Waals surface area contributed by atoms with E-state index < -0.39 is 0 Å². The number of morpholine rings is 1. The standard InChI is InChI=1S/C7H11N3O/c1-2-11-7(5-8-1)6-3-9-10-4-6/h3-4,7-8H,1-2,5H2,(H,9,10)/t7-/m1/s1. The molecule has 1 aromatic heterocycles. The lowest BCUT2D eigenvalue weighted by Gasteiger charge is -2.22. The summed E-state index contributed by atoms with van der Waals surface area (Å²) in [6.45, 7) is 2.63. The molecule has 1 fully saturated rings. The topological polar surface area (TPSA) is 49.9 Å². The molecule has 11 heavy (non-hydrogen) atoms. The number of ether oxygens (including phenoxy) is 1. The van der Waals surface area contributed by atoms with Crippen LogP contribution < -0.4 is 5.32 Å². The number of nitrogens with zero attached hydrogens (tertiary/aromatic N) is 1. The maximum atomic E-state index is 5.50. The quantitative estimate of drug-likeness (QED) is 0.600. The number of hydrogen-bond donors (Lipinski definition) is 2. The summed E-state index contributed by atoms with van der Waals surface area (Å²) < 4.78 is 5.50. The molecule has 1 aliphatic rings. The van der Waals surface area contributed by atoms with Crippen molar-refractivity contribution in [3.8, 4) is 0 Å². The smallest absolute Gasteiger partial charge is 0.0980 e. The van der Waals surface area contributed by atoms with Crippen LogP contribution in [-0.4, -0.2) is 29.9 Å². The van der Waals surface area contributed by atoms with Gasteiger partial charge in [0.25, 0.3) is 0 Å². The van der Waals surface area contributed by atoms with Crippen molar-refractivity contribution >= 4 is 0 Å². The third-order valence-corrected chi connectivity index (χ3v) is 1.82. The van der Waals surface area contributed by atoms with Crippen LogP contribution in [0.5, 0.6) is 0 Å². The monoisotopic (exact) mass is 153 g/mol. The van der Waals surface area contributed by atoms with Crippen LogP contribution in [-0.2, 0) is 4.74 Å². The molecule has 0 unspecified atom stereocenters. The van der Waals surface area contributed by atoms with Crippen molar-refractivity contribution in [2.45, 2.75) is 6.10 Å². The molecule has 0 aliphatic carbocycles. The Morgan fingerprint density at radius 3 is 3.27 bits per heavy atom. The Morgan fingerprint density at radius 1 is 1.64 bits per heavy atom. The molecule has 1 aromatic rings. The van der Waals surface area contributed by atoms with E-state index in [1.54, 1.807) is 6.20 Å². The summed E-state index contributed by atoms with van der Waals surface area (Å²) >= 11 is 0. The molecule has 0 aromatic carbocycles. The Labute approximate surface area is 64.9 Å². The van der Waals surface area contributed by atoms with E-state index in [-0.39, 0.29) is 6.10 Å². The van der Waals surface area contributed by atoms with E-state index in [2.05, 4.69) is 15.5 Å². The van der Waals surface area contributed by atoms with E-state index in [0.29, 0.717) is 0 Å². The van der Waals surface area contributed by atoms with E-state index in [4.69, 9.17) is 4.74 Å². The lowest BCUT2D eigenvalue weighted by Crippen LogP contribution is -2.33. The molecule has 1 atom stereocenters. The minimum absolute atomic E-state index is 0.183. The Hall–Kier alpha value is -0.870. The molecule has 0 amide bonds. The van der Waals surface area contributed by atoms with Gasteiger partial charge in [0.05, 0.1) is 18.9 Å². The molecule has 0 saturated carbocycles. The van der Waals surface area contributed by atoms with Gasteiger partial charge in [-0.15, -0.1) is 0 Å². The largest absolute Gasteiger partial charge is 0.371 e. The van der Waals surface area contributed by atoms with Crippen LogP contribution in [0.25, 0.3) is 0 Å². The maximum absolute atomic E-state index is 5.50. The van der Waals surface area contributed by atoms with Gasteiger partial charge >= 0.3 is 0 Å². The molecule has 2 N–H and O–H groups in total. The van der Waals surface area contributed by atoms with Crippen molar-refractivity contribution in [2.24, 2.45) is 0 Å². The molecule has 60 valence electrons. The van der Waals surface area contributed by atoms with Crippen molar-refractivity contribution < 1.29 is 4.74 Å². The molecule has 1 aliphatic heterocycles. The zero-order valence-corrected chi connectivity index (χ0v) is 6.21. The van der Waals surface area contributed by atoms with Gasteiger partial charge in [-0.1, -0.05) is 0 Å². The van der Waals surface area contributed by atoms with Gasteiger partial charge in [-0.3, -0.25) is 5.10 Å². The SMILES string of the molecule is c1n[nH]cc1[C@H]1CNCCO1. The molecular formula is C7H11N3O. The lowest BCUT2D eigenvalue weighted by molar-refractivity contribution is 0.0277. The van der Waals surface area contributed by atoms with Crippen LogP contribution in [0.4, 0.5) is 0 Å². The number of aromatic amines is 1. The Bertz CT molecular complexity index is 203. The van der Waals surface area contributed by atoms with Crippen LogP contribution in [0.3, 0.4) is 0 Å². The minimum Gasteiger partial charge on any atom is -0.371 e. The van der Waals surface area contributed by atoms with E-state index in [1.807, 2.05) is 6.20 Å². The normalized spacial score (nSPS) is 25.3. The average Bonchev–Trinajstić information content (AvgIpc) is 2.58. The van der Waals surface area contributed by atoms with Crippen LogP contribution in [0.15, 0.2) is 12.4 Å². The molecule has 0 bridgehead atoms. The zero-order valence-electron chi connectivity index (χ0n) is 6.21. The zero-order chi connectivity index (χ0) is 7.52. The summed E-state index contributed by atoms with van der Waals surface area (Å²) in [5.74, 6) is 0. The van der Waals surface area contributed by atoms with Gasteiger partial charge in [0, 0.05) is 24.8 Å². The number of hydrogen-bond acceptors (Lipinski definition) is 3. The number of nitrogens with one attached hydrogen (secondary N) is 2. The summed E-state index contributed by atoms with van der Waals surface area (Å²) in [5, 5.41) is 9.89. The molecule has 4 nitrogen and oxygen atoms in total. The Kier molecular flexibility index (Phi) is 1.87. The minimum atomic E-state index is 0.183. The second-order valence-electron chi connectivity index (χ2n) is 2.60. The maximum Gasteiger partial charge on any atom is 0.0980 e. The molecule has 0 spiro atoms. The highest BCUT2D eigenvalue weighted by molar-refractivity contribution is 5.08. The van der Waals surface area contributed by atoms with Gasteiger partial charge in [0.15, 0.2) is 0 Å². The van der Waals surface area contributed by atoms with Crippen molar-refractivity contribution in [3.63, 3.8) is 0 Å². The summed E-state index contributed by atoms with van der Waals surface area (Å²) in [4.78, 5) is 0. The van der Waals surface area contributed by atoms with Crippen LogP contribution in [0.2, 0.25) is 0 Å². The first-order valence-corrected chi connectivity index (χ1v) is 3.78. The van der Waals surface area contributed by atoms with E-state index in [1.165, 1.54) is 0 Å². The van der Waals surface area contributed by atoms with Gasteiger partial charge in [-0.05, 0) is 0 Å². The molecular weight excluding hydrogens is 142 g/mol. The van der Waals surface area contributed by atoms with Crippen molar-refractivity contribution in [3.05, 3.63) is 18.0 Å². The average molecular weight is 153 g/mol. The highest BCUT2D eigenvalue weighted by Crippen LogP contribution is 2.15. The van der Waals surface area contributed by atoms with E-state index in [0.717, 1.165) is 25.3 Å². The van der Waals surface area contributed by atoms with Gasteiger partial charge in [-0.25, -0.2) is 0 Å². The Balaban J connectivity index is 2.04. The van der Waals surface area contributed by atoms with Crippen LogP contribution in [0, 0.1) is 0 Å². The van der Waals surface area contributed by atoms with Gasteiger partial charge in [-0.2, -0.15) is 5.10 Å². The first kappa shape index (κ1) is 6.82. The molecule has 4 heteroatoms. The summed E-state index contributed by atoms with van der Waals surface area (Å²) in [6.07, 6.45) is 3.86. The molecule has 0 radical (unpaired) electrons. The fraction of sp³-hybridized carbons (Fsp3) is 0.571. The number of rotatable bonds is 1. The number of H-pyrrole nitrogens is 1. The summed E-state index contributed by atoms with van der Waals surface area (Å²) in [6, 6.07) is 0. The van der Waals surface area contributed by atoms with E-state index >= 15 is 0 Å². The van der Waals surface area contributed by atoms with Crippen molar-refractivity contribution in [1.82, 2.24) is 15.5 Å². The van der Waals surface area contributed by atoms with Crippen LogP contribution in [0.1, 0.15) is 11.7 Å². The highest BCUT2D eigenvalue weighted by Gasteiger charge is 2.15. The third-order valence-electron chi connectivity index (χ3n) is 1.82. The summed E-state index contributed by atoms with van der Waals surface area (Å²) in [7, 11) is 0. The lowest BCUT2D eigenvalue weighted by atomic mass is 10.2. The second kappa shape index (κ2) is 3.02.